The van der Waals surface area contributed by atoms with Crippen LogP contribution in [0.15, 0.2) is 12.2 Å². The Kier molecular flexibility index (Phi) is 19.6. The largest absolute Gasteiger partial charge is 2.00 e. The Hall–Kier alpha value is -0.826. The van der Waals surface area contributed by atoms with Gasteiger partial charge in [0.2, 0.25) is 0 Å². The van der Waals surface area contributed by atoms with Crippen LogP contribution in [0.4, 0.5) is 0 Å². The zero-order valence-corrected chi connectivity index (χ0v) is 15.9. The van der Waals surface area contributed by atoms with Crippen LogP contribution in [0.25, 0.3) is 0 Å². The number of aliphatic carboxylic acids is 2. The first-order valence-electron chi connectivity index (χ1n) is 9.15. The third kappa shape index (κ3) is 17.5. The van der Waals surface area contributed by atoms with Gasteiger partial charge in [0, 0.05) is 17.9 Å². The quantitative estimate of drug-likeness (QED) is 0.233. The number of carbonyl (C=O) groups excluding carboxylic acids is 2. The second-order valence-corrected chi connectivity index (χ2v) is 6.25. The summed E-state index contributed by atoms with van der Waals surface area (Å²) in [5.41, 5.74) is 0. The summed E-state index contributed by atoms with van der Waals surface area (Å²) in [5.74, 6) is -3.80. The number of carbonyl (C=O) groups is 2. The third-order valence-electron chi connectivity index (χ3n) is 4.03. The van der Waals surface area contributed by atoms with Gasteiger partial charge in [-0.1, -0.05) is 83.3 Å². The molecule has 142 valence electrons. The van der Waals surface area contributed by atoms with E-state index in [4.69, 9.17) is 0 Å². The molecule has 24 heavy (non-hydrogen) atoms. The number of carboxylic acids is 2. The van der Waals surface area contributed by atoms with Gasteiger partial charge in [0.15, 0.2) is 0 Å². The average molecular weight is 383 g/mol. The average Bonchev–Trinajstić information content (AvgIpc) is 2.50. The number of rotatable bonds is 16. The molecule has 0 fully saturated rings. The van der Waals surface area contributed by atoms with E-state index < -0.39 is 24.3 Å². The molecule has 0 aromatic rings. The Labute approximate surface area is 157 Å². The fourth-order valence-electron chi connectivity index (χ4n) is 2.60. The van der Waals surface area contributed by atoms with Crippen molar-refractivity contribution in [2.75, 3.05) is 0 Å². The monoisotopic (exact) mass is 382 g/mol. The molecule has 1 unspecified atom stereocenters. The molecule has 0 heterocycles. The van der Waals surface area contributed by atoms with Crippen LogP contribution in [0.1, 0.15) is 90.4 Å². The normalized spacial score (nSPS) is 12.0. The van der Waals surface area contributed by atoms with E-state index in [9.17, 15) is 19.8 Å². The SMILES string of the molecule is CCCCCCCCCCCCC/C=C/C(CC(=O)[O-])C(=O)[O-].[Ni+2]. The van der Waals surface area contributed by atoms with E-state index in [-0.39, 0.29) is 16.5 Å². The fourth-order valence-corrected chi connectivity index (χ4v) is 2.60. The molecule has 0 bridgehead atoms. The van der Waals surface area contributed by atoms with Crippen molar-refractivity contribution in [1.82, 2.24) is 0 Å². The van der Waals surface area contributed by atoms with E-state index in [2.05, 4.69) is 6.92 Å². The standard InChI is InChI=1S/C19H34O4.Ni/c1-2-3-4-5-6-7-8-9-10-11-12-13-14-15-17(19(22)23)16-18(20)21;/h14-15,17H,2-13,16H2,1H3,(H,20,21)(H,22,23);/q;+2/p-2/b15-14+;. The van der Waals surface area contributed by atoms with Crippen molar-refractivity contribution < 1.29 is 36.3 Å². The first kappa shape index (κ1) is 25.4. The molecule has 0 aliphatic rings. The maximum Gasteiger partial charge on any atom is 2.00 e. The Bertz CT molecular complexity index is 342. The van der Waals surface area contributed by atoms with Gasteiger partial charge in [-0.3, -0.25) is 0 Å². The molecule has 0 aromatic carbocycles. The Morgan fingerprint density at radius 1 is 0.833 bits per heavy atom. The Morgan fingerprint density at radius 2 is 1.29 bits per heavy atom. The maximum absolute atomic E-state index is 10.7. The topological polar surface area (TPSA) is 80.3 Å². The van der Waals surface area contributed by atoms with Crippen molar-refractivity contribution in [3.8, 4) is 0 Å². The van der Waals surface area contributed by atoms with E-state index in [1.807, 2.05) is 0 Å². The molecule has 0 rings (SSSR count). The van der Waals surface area contributed by atoms with Crippen molar-refractivity contribution in [2.24, 2.45) is 5.92 Å². The first-order valence-corrected chi connectivity index (χ1v) is 9.15. The number of unbranched alkanes of at least 4 members (excludes halogenated alkanes) is 11. The molecule has 1 atom stereocenters. The van der Waals surface area contributed by atoms with Gasteiger partial charge in [-0.15, -0.1) is 0 Å². The van der Waals surface area contributed by atoms with E-state index in [1.165, 1.54) is 63.9 Å². The van der Waals surface area contributed by atoms with Crippen LogP contribution in [0.3, 0.4) is 0 Å². The van der Waals surface area contributed by atoms with Crippen LogP contribution in [-0.2, 0) is 26.1 Å². The van der Waals surface area contributed by atoms with E-state index in [0.717, 1.165) is 19.3 Å². The van der Waals surface area contributed by atoms with Gasteiger partial charge in [-0.2, -0.15) is 0 Å². The van der Waals surface area contributed by atoms with Crippen molar-refractivity contribution in [1.29, 1.82) is 0 Å². The molecule has 5 heteroatoms. The summed E-state index contributed by atoms with van der Waals surface area (Å²) in [6.45, 7) is 2.23. The zero-order valence-electron chi connectivity index (χ0n) is 14.9. The minimum Gasteiger partial charge on any atom is -0.550 e. The maximum atomic E-state index is 10.7. The zero-order chi connectivity index (χ0) is 17.3. The van der Waals surface area contributed by atoms with Crippen LogP contribution < -0.4 is 10.2 Å². The molecule has 0 radical (unpaired) electrons. The van der Waals surface area contributed by atoms with E-state index in [1.54, 1.807) is 6.08 Å². The summed E-state index contributed by atoms with van der Waals surface area (Å²) < 4.78 is 0. The summed E-state index contributed by atoms with van der Waals surface area (Å²) in [5, 5.41) is 21.1. The van der Waals surface area contributed by atoms with E-state index >= 15 is 0 Å². The molecule has 4 nitrogen and oxygen atoms in total. The van der Waals surface area contributed by atoms with Crippen LogP contribution in [-0.4, -0.2) is 11.9 Å². The van der Waals surface area contributed by atoms with Crippen LogP contribution >= 0.6 is 0 Å². The summed E-state index contributed by atoms with van der Waals surface area (Å²) in [4.78, 5) is 21.1. The van der Waals surface area contributed by atoms with Gasteiger partial charge in [-0.05, 0) is 19.3 Å². The summed E-state index contributed by atoms with van der Waals surface area (Å²) in [6.07, 6.45) is 17.4. The molecule has 0 saturated carbocycles. The number of hydrogen-bond acceptors (Lipinski definition) is 4. The van der Waals surface area contributed by atoms with Gasteiger partial charge in [0.25, 0.3) is 0 Å². The molecule has 0 spiro atoms. The van der Waals surface area contributed by atoms with Crippen molar-refractivity contribution in [2.45, 2.75) is 90.4 Å². The molecule has 0 amide bonds. The molecule has 0 aromatic heterocycles. The van der Waals surface area contributed by atoms with Gasteiger partial charge in [0.1, 0.15) is 0 Å². The van der Waals surface area contributed by atoms with Gasteiger partial charge in [0.05, 0.1) is 0 Å². The van der Waals surface area contributed by atoms with Gasteiger partial charge in [-0.25, -0.2) is 0 Å². The molecule has 0 saturated heterocycles. The minimum absolute atomic E-state index is 0. The van der Waals surface area contributed by atoms with E-state index in [0.29, 0.717) is 0 Å². The molecular formula is C19H32NiO4. The first-order chi connectivity index (χ1) is 11.1. The second-order valence-electron chi connectivity index (χ2n) is 6.25. The summed E-state index contributed by atoms with van der Waals surface area (Å²) in [6, 6.07) is 0. The molecule has 0 aliphatic carbocycles. The molecule has 0 aliphatic heterocycles. The smallest absolute Gasteiger partial charge is 0.550 e. The number of hydrogen-bond donors (Lipinski definition) is 0. The summed E-state index contributed by atoms with van der Waals surface area (Å²) in [7, 11) is 0. The minimum atomic E-state index is -1.36. The van der Waals surface area contributed by atoms with Gasteiger partial charge < -0.3 is 19.8 Å². The molecular weight excluding hydrogens is 351 g/mol. The fraction of sp³-hybridized carbons (Fsp3) is 0.789. The second kappa shape index (κ2) is 18.5. The van der Waals surface area contributed by atoms with Crippen molar-refractivity contribution in [3.63, 3.8) is 0 Å². The van der Waals surface area contributed by atoms with Crippen molar-refractivity contribution in [3.05, 3.63) is 12.2 Å². The molecule has 0 N–H and O–H groups in total. The predicted octanol–water partition coefficient (Wildman–Crippen LogP) is 2.75. The number of carboxylic acid groups (broad SMARTS) is 2. The third-order valence-corrected chi connectivity index (χ3v) is 4.03. The van der Waals surface area contributed by atoms with Crippen LogP contribution in [0.5, 0.6) is 0 Å². The van der Waals surface area contributed by atoms with Gasteiger partial charge >= 0.3 is 16.5 Å². The van der Waals surface area contributed by atoms with Crippen molar-refractivity contribution >= 4 is 11.9 Å². The Morgan fingerprint density at radius 3 is 1.71 bits per heavy atom. The van der Waals surface area contributed by atoms with Crippen LogP contribution in [0.2, 0.25) is 0 Å². The summed E-state index contributed by atoms with van der Waals surface area (Å²) >= 11 is 0. The predicted molar refractivity (Wildman–Crippen MR) is 88.3 cm³/mol. The number of allylic oxidation sites excluding steroid dienone is 1. The van der Waals surface area contributed by atoms with Crippen LogP contribution in [0, 0.1) is 5.92 Å². The Balaban J connectivity index is 0.